The van der Waals surface area contributed by atoms with E-state index in [2.05, 4.69) is 31.8 Å². The van der Waals surface area contributed by atoms with Gasteiger partial charge in [-0.1, -0.05) is 64.5 Å². The zero-order valence-electron chi connectivity index (χ0n) is 13.8. The van der Waals surface area contributed by atoms with E-state index in [1.165, 1.54) is 0 Å². The Balaban J connectivity index is 1.55. The highest BCUT2D eigenvalue weighted by atomic mass is 79.9. The Bertz CT molecular complexity index is 980. The maximum Gasteiger partial charge on any atom is 0.259 e. The van der Waals surface area contributed by atoms with Gasteiger partial charge in [-0.15, -0.1) is 0 Å². The van der Waals surface area contributed by atoms with Crippen LogP contribution in [0.2, 0.25) is 0 Å². The van der Waals surface area contributed by atoms with Crippen LogP contribution in [-0.2, 0) is 4.79 Å². The Morgan fingerprint density at radius 3 is 2.62 bits per heavy atom. The molecule has 2 N–H and O–H groups in total. The normalized spacial score (nSPS) is 10.8. The molecule has 0 aliphatic carbocycles. The number of rotatable bonds is 5. The molecule has 3 aromatic carbocycles. The Kier molecular flexibility index (Phi) is 5.76. The third-order valence-electron chi connectivity index (χ3n) is 3.71. The van der Waals surface area contributed by atoms with Crippen molar-refractivity contribution in [2.75, 3.05) is 6.54 Å². The number of amides is 2. The summed E-state index contributed by atoms with van der Waals surface area (Å²) in [4.78, 5) is 23.8. The summed E-state index contributed by atoms with van der Waals surface area (Å²) in [6, 6.07) is 20.8. The van der Waals surface area contributed by atoms with Crippen molar-refractivity contribution < 1.29 is 9.59 Å². The van der Waals surface area contributed by atoms with Crippen molar-refractivity contribution in [1.82, 2.24) is 10.7 Å². The molecule has 0 unspecified atom stereocenters. The number of nitrogens with one attached hydrogen (secondary N) is 2. The molecule has 0 atom stereocenters. The summed E-state index contributed by atoms with van der Waals surface area (Å²) in [6.07, 6.45) is 1.59. The first-order valence-corrected chi connectivity index (χ1v) is 8.76. The molecule has 0 heterocycles. The molecule has 6 heteroatoms. The summed E-state index contributed by atoms with van der Waals surface area (Å²) < 4.78 is 0.800. The van der Waals surface area contributed by atoms with Crippen LogP contribution in [0.25, 0.3) is 10.8 Å². The molecule has 0 bridgehead atoms. The lowest BCUT2D eigenvalue weighted by molar-refractivity contribution is -0.120. The summed E-state index contributed by atoms with van der Waals surface area (Å²) >= 11 is 3.31. The van der Waals surface area contributed by atoms with Gasteiger partial charge >= 0.3 is 0 Å². The summed E-state index contributed by atoms with van der Waals surface area (Å²) in [5.74, 6) is -0.718. The molecule has 0 saturated heterocycles. The van der Waals surface area contributed by atoms with Gasteiger partial charge in [0.15, 0.2) is 0 Å². The van der Waals surface area contributed by atoms with E-state index in [4.69, 9.17) is 0 Å². The van der Waals surface area contributed by atoms with E-state index in [1.807, 2.05) is 48.5 Å². The molecule has 0 fully saturated rings. The lowest BCUT2D eigenvalue weighted by Crippen LogP contribution is -2.34. The molecule has 5 nitrogen and oxygen atoms in total. The van der Waals surface area contributed by atoms with Gasteiger partial charge in [0.05, 0.1) is 12.8 Å². The molecule has 2 amide bonds. The lowest BCUT2D eigenvalue weighted by atomic mass is 10.1. The van der Waals surface area contributed by atoms with Gasteiger partial charge in [-0.3, -0.25) is 9.59 Å². The van der Waals surface area contributed by atoms with E-state index in [9.17, 15) is 9.59 Å². The van der Waals surface area contributed by atoms with Crippen LogP contribution in [-0.4, -0.2) is 24.6 Å². The standard InChI is InChI=1S/C20H16BrN3O2/c21-17-9-4-7-15(11-17)20(26)22-13-19(25)24-23-12-16-8-3-6-14-5-1-2-10-18(14)16/h1-12H,13H2,(H,22,26)(H,24,25)/b23-12-. The zero-order valence-corrected chi connectivity index (χ0v) is 15.4. The molecule has 3 aromatic rings. The molecule has 0 aliphatic heterocycles. The van der Waals surface area contributed by atoms with Crippen LogP contribution in [0, 0.1) is 0 Å². The van der Waals surface area contributed by atoms with Crippen molar-refractivity contribution in [2.24, 2.45) is 5.10 Å². The highest BCUT2D eigenvalue weighted by Gasteiger charge is 2.07. The van der Waals surface area contributed by atoms with Gasteiger partial charge < -0.3 is 5.32 Å². The first-order valence-electron chi connectivity index (χ1n) is 7.97. The predicted molar refractivity (Wildman–Crippen MR) is 106 cm³/mol. The fourth-order valence-corrected chi connectivity index (χ4v) is 2.87. The fourth-order valence-electron chi connectivity index (χ4n) is 2.47. The molecular formula is C20H16BrN3O2. The third-order valence-corrected chi connectivity index (χ3v) is 4.21. The SMILES string of the molecule is O=C(CNC(=O)c1cccc(Br)c1)N/N=C\c1cccc2ccccc12. The largest absolute Gasteiger partial charge is 0.343 e. The van der Waals surface area contributed by atoms with Crippen LogP contribution in [0.15, 0.2) is 76.3 Å². The summed E-state index contributed by atoms with van der Waals surface area (Å²) in [7, 11) is 0. The van der Waals surface area contributed by atoms with Crippen molar-refractivity contribution in [2.45, 2.75) is 0 Å². The number of hydrogen-bond donors (Lipinski definition) is 2. The lowest BCUT2D eigenvalue weighted by Gasteiger charge is -2.05. The molecule has 0 radical (unpaired) electrons. The van der Waals surface area contributed by atoms with Gasteiger partial charge in [0.2, 0.25) is 0 Å². The first kappa shape index (κ1) is 17.8. The van der Waals surface area contributed by atoms with Crippen molar-refractivity contribution >= 4 is 44.7 Å². The van der Waals surface area contributed by atoms with Crippen LogP contribution in [0.3, 0.4) is 0 Å². The van der Waals surface area contributed by atoms with Crippen LogP contribution >= 0.6 is 15.9 Å². The minimum Gasteiger partial charge on any atom is -0.343 e. The van der Waals surface area contributed by atoms with Gasteiger partial charge in [0.1, 0.15) is 0 Å². The van der Waals surface area contributed by atoms with Crippen molar-refractivity contribution in [1.29, 1.82) is 0 Å². The number of halogens is 1. The highest BCUT2D eigenvalue weighted by molar-refractivity contribution is 9.10. The number of nitrogens with zero attached hydrogens (tertiary/aromatic N) is 1. The van der Waals surface area contributed by atoms with Crippen LogP contribution < -0.4 is 10.7 Å². The van der Waals surface area contributed by atoms with Gasteiger partial charge in [0, 0.05) is 15.6 Å². The number of carbonyl (C=O) groups is 2. The predicted octanol–water partition coefficient (Wildman–Crippen LogP) is 3.48. The molecular weight excluding hydrogens is 394 g/mol. The second-order valence-electron chi connectivity index (χ2n) is 5.55. The van der Waals surface area contributed by atoms with Gasteiger partial charge in [0.25, 0.3) is 11.8 Å². The van der Waals surface area contributed by atoms with Crippen LogP contribution in [0.5, 0.6) is 0 Å². The Morgan fingerprint density at radius 1 is 1.00 bits per heavy atom. The topological polar surface area (TPSA) is 70.6 Å². The molecule has 0 aliphatic rings. The van der Waals surface area contributed by atoms with Gasteiger partial charge in [-0.2, -0.15) is 5.10 Å². The van der Waals surface area contributed by atoms with Crippen molar-refractivity contribution in [3.05, 3.63) is 82.3 Å². The second-order valence-corrected chi connectivity index (χ2v) is 6.47. The minimum atomic E-state index is -0.398. The van der Waals surface area contributed by atoms with E-state index in [0.717, 1.165) is 20.8 Å². The first-order chi connectivity index (χ1) is 12.6. The quantitative estimate of drug-likeness (QED) is 0.500. The monoisotopic (exact) mass is 409 g/mol. The molecule has 0 spiro atoms. The van der Waals surface area contributed by atoms with E-state index >= 15 is 0 Å². The van der Waals surface area contributed by atoms with Crippen molar-refractivity contribution in [3.63, 3.8) is 0 Å². The average Bonchev–Trinajstić information content (AvgIpc) is 2.66. The number of carbonyl (C=O) groups excluding carboxylic acids is 2. The van der Waals surface area contributed by atoms with E-state index in [1.54, 1.807) is 24.4 Å². The number of benzene rings is 3. The summed E-state index contributed by atoms with van der Waals surface area (Å²) in [5, 5.41) is 8.68. The molecule has 0 saturated carbocycles. The molecule has 3 rings (SSSR count). The third kappa shape index (κ3) is 4.55. The van der Waals surface area contributed by atoms with Crippen molar-refractivity contribution in [3.8, 4) is 0 Å². The van der Waals surface area contributed by atoms with Gasteiger partial charge in [-0.25, -0.2) is 5.43 Å². The molecule has 130 valence electrons. The Labute approximate surface area is 159 Å². The second kappa shape index (κ2) is 8.40. The van der Waals surface area contributed by atoms with E-state index in [0.29, 0.717) is 5.56 Å². The smallest absolute Gasteiger partial charge is 0.259 e. The van der Waals surface area contributed by atoms with Crippen LogP contribution in [0.4, 0.5) is 0 Å². The molecule has 26 heavy (non-hydrogen) atoms. The number of hydrazone groups is 1. The van der Waals surface area contributed by atoms with Crippen LogP contribution in [0.1, 0.15) is 15.9 Å². The molecule has 0 aromatic heterocycles. The summed E-state index contributed by atoms with van der Waals surface area (Å²) in [5.41, 5.74) is 3.80. The number of fused-ring (bicyclic) bond motifs is 1. The Hall–Kier alpha value is -2.99. The fraction of sp³-hybridized carbons (Fsp3) is 0.0500. The maximum absolute atomic E-state index is 12.0. The number of hydrogen-bond acceptors (Lipinski definition) is 3. The zero-order chi connectivity index (χ0) is 18.4. The summed E-state index contributed by atoms with van der Waals surface area (Å²) in [6.45, 7) is -0.155. The van der Waals surface area contributed by atoms with E-state index < -0.39 is 5.91 Å². The average molecular weight is 410 g/mol. The Morgan fingerprint density at radius 2 is 1.77 bits per heavy atom. The maximum atomic E-state index is 12.0. The highest BCUT2D eigenvalue weighted by Crippen LogP contribution is 2.16. The van der Waals surface area contributed by atoms with E-state index in [-0.39, 0.29) is 12.5 Å². The van der Waals surface area contributed by atoms with Gasteiger partial charge in [-0.05, 0) is 29.0 Å². The minimum absolute atomic E-state index is 0.155.